The smallest absolute Gasteiger partial charge is 0.325 e. The monoisotopic (exact) mass is 308 g/mol. The van der Waals surface area contributed by atoms with Crippen molar-refractivity contribution >= 4 is 16.2 Å². The second-order valence-electron chi connectivity index (χ2n) is 5.01. The number of carboxylic acids is 1. The van der Waals surface area contributed by atoms with E-state index < -0.39 is 21.7 Å². The summed E-state index contributed by atoms with van der Waals surface area (Å²) in [7, 11) is -3.80. The van der Waals surface area contributed by atoms with Crippen LogP contribution in [0.5, 0.6) is 0 Å². The van der Waals surface area contributed by atoms with Crippen molar-refractivity contribution in [3.63, 3.8) is 0 Å². The van der Waals surface area contributed by atoms with Crippen LogP contribution in [0, 0.1) is 0 Å². The minimum atomic E-state index is -3.80. The maximum atomic E-state index is 12.4. The second kappa shape index (κ2) is 7.35. The number of carboxylic acid groups (broad SMARTS) is 1. The van der Waals surface area contributed by atoms with E-state index in [-0.39, 0.29) is 26.1 Å². The molecule has 118 valence electrons. The maximum absolute atomic E-state index is 12.4. The van der Waals surface area contributed by atoms with Gasteiger partial charge in [-0.1, -0.05) is 13.8 Å². The third kappa shape index (κ3) is 4.15. The molecular weight excluding hydrogens is 284 g/mol. The third-order valence-corrected chi connectivity index (χ3v) is 5.06. The summed E-state index contributed by atoms with van der Waals surface area (Å²) in [5.41, 5.74) is -1.45. The fourth-order valence-corrected chi connectivity index (χ4v) is 4.00. The van der Waals surface area contributed by atoms with Gasteiger partial charge in [-0.2, -0.15) is 17.4 Å². The van der Waals surface area contributed by atoms with Crippen molar-refractivity contribution in [1.29, 1.82) is 0 Å². The summed E-state index contributed by atoms with van der Waals surface area (Å²) >= 11 is 0. The minimum absolute atomic E-state index is 0.146. The standard InChI is InChI=1S/C12H24N2O5S/c1-3-7-14(8-4-2)20(17,18)13-12(11(15)16)5-9-19-10-6-12/h13H,3-10H2,1-2H3,(H,15,16). The quantitative estimate of drug-likeness (QED) is 0.683. The third-order valence-electron chi connectivity index (χ3n) is 3.37. The molecule has 1 aliphatic heterocycles. The topological polar surface area (TPSA) is 95.9 Å². The molecule has 0 aliphatic carbocycles. The van der Waals surface area contributed by atoms with Gasteiger partial charge in [0.25, 0.3) is 10.2 Å². The molecule has 1 rings (SSSR count). The van der Waals surface area contributed by atoms with Gasteiger partial charge < -0.3 is 9.84 Å². The lowest BCUT2D eigenvalue weighted by Crippen LogP contribution is -2.60. The van der Waals surface area contributed by atoms with E-state index in [9.17, 15) is 18.3 Å². The Hall–Kier alpha value is -0.700. The highest BCUT2D eigenvalue weighted by Crippen LogP contribution is 2.23. The van der Waals surface area contributed by atoms with Crippen molar-refractivity contribution in [2.45, 2.75) is 45.1 Å². The molecule has 2 N–H and O–H groups in total. The molecule has 0 saturated carbocycles. The average Bonchev–Trinajstić information content (AvgIpc) is 2.39. The van der Waals surface area contributed by atoms with E-state index in [1.165, 1.54) is 4.31 Å². The number of hydrogen-bond donors (Lipinski definition) is 2. The van der Waals surface area contributed by atoms with E-state index >= 15 is 0 Å². The Bertz CT molecular complexity index is 412. The predicted octanol–water partition coefficient (Wildman–Crippen LogP) is 0.577. The summed E-state index contributed by atoms with van der Waals surface area (Å²) in [6, 6.07) is 0. The molecule has 0 amide bonds. The Balaban J connectivity index is 2.92. The molecule has 0 radical (unpaired) electrons. The first-order chi connectivity index (χ1) is 9.38. The summed E-state index contributed by atoms with van der Waals surface area (Å²) in [5, 5.41) is 9.39. The molecule has 0 bridgehead atoms. The molecule has 20 heavy (non-hydrogen) atoms. The van der Waals surface area contributed by atoms with E-state index in [1.54, 1.807) is 0 Å². The van der Waals surface area contributed by atoms with Crippen LogP contribution >= 0.6 is 0 Å². The van der Waals surface area contributed by atoms with Gasteiger partial charge >= 0.3 is 5.97 Å². The Morgan fingerprint density at radius 2 is 1.75 bits per heavy atom. The van der Waals surface area contributed by atoms with E-state index in [0.717, 1.165) is 0 Å². The van der Waals surface area contributed by atoms with Gasteiger partial charge in [-0.3, -0.25) is 4.79 Å². The molecule has 1 saturated heterocycles. The first-order valence-electron chi connectivity index (χ1n) is 6.98. The number of nitrogens with one attached hydrogen (secondary N) is 1. The lowest BCUT2D eigenvalue weighted by molar-refractivity contribution is -0.148. The zero-order valence-electron chi connectivity index (χ0n) is 12.1. The van der Waals surface area contributed by atoms with Crippen LogP contribution in [0.1, 0.15) is 39.5 Å². The summed E-state index contributed by atoms with van der Waals surface area (Å²) < 4.78 is 33.6. The minimum Gasteiger partial charge on any atom is -0.480 e. The largest absolute Gasteiger partial charge is 0.480 e. The van der Waals surface area contributed by atoms with Crippen LogP contribution in [0.15, 0.2) is 0 Å². The fourth-order valence-electron chi connectivity index (χ4n) is 2.24. The van der Waals surface area contributed by atoms with Crippen LogP contribution in [0.4, 0.5) is 0 Å². The number of hydrogen-bond acceptors (Lipinski definition) is 4. The predicted molar refractivity (Wildman–Crippen MR) is 74.6 cm³/mol. The summed E-state index contributed by atoms with van der Waals surface area (Å²) in [6.07, 6.45) is 1.66. The first-order valence-corrected chi connectivity index (χ1v) is 8.42. The maximum Gasteiger partial charge on any atom is 0.325 e. The van der Waals surface area contributed by atoms with Gasteiger partial charge in [-0.05, 0) is 12.8 Å². The molecule has 7 nitrogen and oxygen atoms in total. The molecular formula is C12H24N2O5S. The van der Waals surface area contributed by atoms with Crippen molar-refractivity contribution in [3.05, 3.63) is 0 Å². The first kappa shape index (κ1) is 17.4. The van der Waals surface area contributed by atoms with Gasteiger partial charge in [-0.15, -0.1) is 0 Å². The summed E-state index contributed by atoms with van der Waals surface area (Å²) in [5.74, 6) is -1.14. The van der Waals surface area contributed by atoms with Crippen LogP contribution in [0.3, 0.4) is 0 Å². The Morgan fingerprint density at radius 1 is 1.25 bits per heavy atom. The second-order valence-corrected chi connectivity index (χ2v) is 6.68. The van der Waals surface area contributed by atoms with Crippen LogP contribution in [-0.4, -0.2) is 55.6 Å². The molecule has 0 atom stereocenters. The lowest BCUT2D eigenvalue weighted by atomic mass is 9.92. The number of ether oxygens (including phenoxy) is 1. The highest BCUT2D eigenvalue weighted by Gasteiger charge is 2.44. The van der Waals surface area contributed by atoms with E-state index in [4.69, 9.17) is 4.74 Å². The van der Waals surface area contributed by atoms with Gasteiger partial charge in [0.1, 0.15) is 5.54 Å². The molecule has 0 aromatic rings. The summed E-state index contributed by atoms with van der Waals surface area (Å²) in [4.78, 5) is 11.5. The van der Waals surface area contributed by atoms with Crippen molar-refractivity contribution in [2.75, 3.05) is 26.3 Å². The Kier molecular flexibility index (Phi) is 6.38. The molecule has 1 aliphatic rings. The molecule has 1 fully saturated rings. The number of carbonyl (C=O) groups is 1. The SMILES string of the molecule is CCCN(CCC)S(=O)(=O)NC1(C(=O)O)CCOCC1. The molecule has 0 unspecified atom stereocenters. The normalized spacial score (nSPS) is 19.1. The van der Waals surface area contributed by atoms with E-state index in [0.29, 0.717) is 25.9 Å². The van der Waals surface area contributed by atoms with Crippen LogP contribution in [-0.2, 0) is 19.7 Å². The van der Waals surface area contributed by atoms with Gasteiger partial charge in [0, 0.05) is 39.1 Å². The van der Waals surface area contributed by atoms with Crippen molar-refractivity contribution < 1.29 is 23.1 Å². The van der Waals surface area contributed by atoms with Crippen LogP contribution in [0.25, 0.3) is 0 Å². The molecule has 0 aromatic carbocycles. The van der Waals surface area contributed by atoms with Crippen molar-refractivity contribution in [2.24, 2.45) is 0 Å². The molecule has 0 aromatic heterocycles. The van der Waals surface area contributed by atoms with Gasteiger partial charge in [0.2, 0.25) is 0 Å². The van der Waals surface area contributed by atoms with Gasteiger partial charge in [0.05, 0.1) is 0 Å². The average molecular weight is 308 g/mol. The highest BCUT2D eigenvalue weighted by molar-refractivity contribution is 7.87. The molecule has 0 spiro atoms. The number of rotatable bonds is 8. The number of aliphatic carboxylic acids is 1. The van der Waals surface area contributed by atoms with Crippen molar-refractivity contribution in [1.82, 2.24) is 9.03 Å². The summed E-state index contributed by atoms with van der Waals surface area (Å²) in [6.45, 7) is 5.04. The highest BCUT2D eigenvalue weighted by atomic mass is 32.2. The van der Waals surface area contributed by atoms with E-state index in [2.05, 4.69) is 4.72 Å². The number of nitrogens with zero attached hydrogens (tertiary/aromatic N) is 1. The van der Waals surface area contributed by atoms with Gasteiger partial charge in [-0.25, -0.2) is 0 Å². The fraction of sp³-hybridized carbons (Fsp3) is 0.917. The van der Waals surface area contributed by atoms with Crippen molar-refractivity contribution in [3.8, 4) is 0 Å². The lowest BCUT2D eigenvalue weighted by Gasteiger charge is -2.35. The molecule has 8 heteroatoms. The molecule has 1 heterocycles. The van der Waals surface area contributed by atoms with Crippen LogP contribution in [0.2, 0.25) is 0 Å². The Labute approximate surface area is 120 Å². The zero-order chi connectivity index (χ0) is 15.2. The van der Waals surface area contributed by atoms with E-state index in [1.807, 2.05) is 13.8 Å². The Morgan fingerprint density at radius 3 is 2.15 bits per heavy atom. The zero-order valence-corrected chi connectivity index (χ0v) is 12.9. The van der Waals surface area contributed by atoms with Gasteiger partial charge in [0.15, 0.2) is 0 Å². The van der Waals surface area contributed by atoms with Crippen LogP contribution < -0.4 is 4.72 Å².